The summed E-state index contributed by atoms with van der Waals surface area (Å²) in [6, 6.07) is 0. The van der Waals surface area contributed by atoms with Gasteiger partial charge in [0.1, 0.15) is 0 Å². The van der Waals surface area contributed by atoms with E-state index in [2.05, 4.69) is 13.8 Å². The Bertz CT molecular complexity index is 203. The summed E-state index contributed by atoms with van der Waals surface area (Å²) < 4.78 is 0. The second-order valence-electron chi connectivity index (χ2n) is 6.49. The molecule has 1 N–H and O–H groups in total. The van der Waals surface area contributed by atoms with E-state index in [9.17, 15) is 5.11 Å². The normalized spacial score (nSPS) is 34.1. The van der Waals surface area contributed by atoms with Crippen LogP contribution in [0.5, 0.6) is 0 Å². The average molecular weight is 196 g/mol. The number of aliphatic hydroxyl groups is 1. The first-order valence-corrected chi connectivity index (χ1v) is 6.16. The van der Waals surface area contributed by atoms with Gasteiger partial charge in [-0.1, -0.05) is 26.7 Å². The summed E-state index contributed by atoms with van der Waals surface area (Å²) >= 11 is 0. The molecular formula is C13H24O. The number of rotatable bonds is 3. The van der Waals surface area contributed by atoms with Crippen molar-refractivity contribution < 1.29 is 5.11 Å². The summed E-state index contributed by atoms with van der Waals surface area (Å²) in [5.74, 6) is 0.897. The molecule has 2 rings (SSSR count). The molecular weight excluding hydrogens is 172 g/mol. The van der Waals surface area contributed by atoms with Gasteiger partial charge in [0.2, 0.25) is 0 Å². The van der Waals surface area contributed by atoms with Gasteiger partial charge in [-0.2, -0.15) is 0 Å². The Morgan fingerprint density at radius 1 is 1.21 bits per heavy atom. The maximum Gasteiger partial charge on any atom is 0.0487 e. The van der Waals surface area contributed by atoms with Crippen molar-refractivity contribution in [3.63, 3.8) is 0 Å². The molecule has 0 aromatic rings. The van der Waals surface area contributed by atoms with Gasteiger partial charge < -0.3 is 5.11 Å². The van der Waals surface area contributed by atoms with Crippen LogP contribution in [0, 0.1) is 16.7 Å². The Labute approximate surface area is 87.9 Å². The van der Waals surface area contributed by atoms with Gasteiger partial charge in [0.15, 0.2) is 0 Å². The predicted molar refractivity (Wildman–Crippen MR) is 59.1 cm³/mol. The fraction of sp³-hybridized carbons (Fsp3) is 1.00. The molecule has 0 aromatic heterocycles. The molecule has 0 saturated heterocycles. The fourth-order valence-corrected chi connectivity index (χ4v) is 3.25. The Hall–Kier alpha value is -0.0400. The van der Waals surface area contributed by atoms with E-state index in [-0.39, 0.29) is 0 Å². The molecule has 0 aliphatic heterocycles. The van der Waals surface area contributed by atoms with Gasteiger partial charge >= 0.3 is 0 Å². The maximum absolute atomic E-state index is 9.32. The van der Waals surface area contributed by atoms with Crippen LogP contribution < -0.4 is 0 Å². The maximum atomic E-state index is 9.32. The summed E-state index contributed by atoms with van der Waals surface area (Å²) in [5.41, 5.74) is 0.937. The van der Waals surface area contributed by atoms with Crippen LogP contribution in [-0.4, -0.2) is 11.7 Å². The fourth-order valence-electron chi connectivity index (χ4n) is 3.25. The highest BCUT2D eigenvalue weighted by Crippen LogP contribution is 2.53. The smallest absolute Gasteiger partial charge is 0.0487 e. The molecule has 0 aromatic carbocycles. The van der Waals surface area contributed by atoms with E-state index in [4.69, 9.17) is 0 Å². The van der Waals surface area contributed by atoms with Gasteiger partial charge in [0, 0.05) is 6.61 Å². The lowest BCUT2D eigenvalue weighted by molar-refractivity contribution is 0.124. The summed E-state index contributed by atoms with van der Waals surface area (Å²) in [6.45, 7) is 5.24. The number of hydrogen-bond donors (Lipinski definition) is 1. The quantitative estimate of drug-likeness (QED) is 0.734. The molecule has 0 spiro atoms. The van der Waals surface area contributed by atoms with Crippen molar-refractivity contribution in [2.45, 2.75) is 58.8 Å². The first kappa shape index (κ1) is 10.5. The molecule has 0 bridgehead atoms. The second kappa shape index (κ2) is 3.52. The molecule has 1 nitrogen and oxygen atoms in total. The Kier molecular flexibility index (Phi) is 2.63. The van der Waals surface area contributed by atoms with Crippen molar-refractivity contribution >= 4 is 0 Å². The van der Waals surface area contributed by atoms with Gasteiger partial charge in [0.05, 0.1) is 0 Å². The van der Waals surface area contributed by atoms with Gasteiger partial charge in [0.25, 0.3) is 0 Å². The van der Waals surface area contributed by atoms with Crippen molar-refractivity contribution in [2.75, 3.05) is 6.61 Å². The molecule has 1 unspecified atom stereocenters. The monoisotopic (exact) mass is 196 g/mol. The van der Waals surface area contributed by atoms with E-state index in [1.807, 2.05) is 0 Å². The zero-order valence-electron chi connectivity index (χ0n) is 9.68. The Balaban J connectivity index is 1.86. The molecule has 2 saturated carbocycles. The van der Waals surface area contributed by atoms with E-state index in [0.717, 1.165) is 5.92 Å². The zero-order chi connectivity index (χ0) is 10.2. The lowest BCUT2D eigenvalue weighted by Gasteiger charge is -2.36. The molecule has 2 fully saturated rings. The number of hydrogen-bond acceptors (Lipinski definition) is 1. The van der Waals surface area contributed by atoms with E-state index in [1.165, 1.54) is 44.9 Å². The molecule has 2 aliphatic rings. The lowest BCUT2D eigenvalue weighted by atomic mass is 9.69. The molecule has 0 amide bonds. The highest BCUT2D eigenvalue weighted by atomic mass is 16.3. The second-order valence-corrected chi connectivity index (χ2v) is 6.49. The SMILES string of the molecule is CC1(C)CCCC(CC2(CO)CC2)C1. The average Bonchev–Trinajstić information content (AvgIpc) is 2.84. The standard InChI is InChI=1S/C13H24O/c1-12(2)5-3-4-11(8-12)9-13(10-14)6-7-13/h11,14H,3-10H2,1-2H3. The van der Waals surface area contributed by atoms with Gasteiger partial charge in [-0.15, -0.1) is 0 Å². The molecule has 1 atom stereocenters. The third-order valence-corrected chi connectivity index (χ3v) is 4.32. The third-order valence-electron chi connectivity index (χ3n) is 4.32. The van der Waals surface area contributed by atoms with Gasteiger partial charge in [-0.3, -0.25) is 0 Å². The molecule has 14 heavy (non-hydrogen) atoms. The molecule has 0 heterocycles. The minimum Gasteiger partial charge on any atom is -0.396 e. The summed E-state index contributed by atoms with van der Waals surface area (Å²) in [4.78, 5) is 0. The van der Waals surface area contributed by atoms with Crippen molar-refractivity contribution in [1.82, 2.24) is 0 Å². The molecule has 2 aliphatic carbocycles. The Morgan fingerprint density at radius 3 is 2.43 bits per heavy atom. The summed E-state index contributed by atoms with van der Waals surface area (Å²) in [5, 5.41) is 9.32. The van der Waals surface area contributed by atoms with Crippen LogP contribution in [0.25, 0.3) is 0 Å². The van der Waals surface area contributed by atoms with Crippen molar-refractivity contribution in [3.8, 4) is 0 Å². The highest BCUT2D eigenvalue weighted by Gasteiger charge is 2.44. The van der Waals surface area contributed by atoms with Gasteiger partial charge in [-0.05, 0) is 48.9 Å². The van der Waals surface area contributed by atoms with Gasteiger partial charge in [-0.25, -0.2) is 0 Å². The topological polar surface area (TPSA) is 20.2 Å². The first-order valence-electron chi connectivity index (χ1n) is 6.16. The van der Waals surface area contributed by atoms with Crippen molar-refractivity contribution in [1.29, 1.82) is 0 Å². The van der Waals surface area contributed by atoms with Crippen LogP contribution in [0.1, 0.15) is 58.8 Å². The summed E-state index contributed by atoms with van der Waals surface area (Å²) in [6.07, 6.45) is 9.45. The summed E-state index contributed by atoms with van der Waals surface area (Å²) in [7, 11) is 0. The van der Waals surface area contributed by atoms with Crippen LogP contribution in [0.2, 0.25) is 0 Å². The lowest BCUT2D eigenvalue weighted by Crippen LogP contribution is -2.25. The van der Waals surface area contributed by atoms with Crippen LogP contribution in [-0.2, 0) is 0 Å². The molecule has 82 valence electrons. The third kappa shape index (κ3) is 2.31. The largest absolute Gasteiger partial charge is 0.396 e. The molecule has 0 radical (unpaired) electrons. The number of aliphatic hydroxyl groups excluding tert-OH is 1. The predicted octanol–water partition coefficient (Wildman–Crippen LogP) is 3.37. The van der Waals surface area contributed by atoms with Crippen molar-refractivity contribution in [3.05, 3.63) is 0 Å². The van der Waals surface area contributed by atoms with Crippen LogP contribution >= 0.6 is 0 Å². The minimum atomic E-state index is 0.373. The minimum absolute atomic E-state index is 0.373. The van der Waals surface area contributed by atoms with Crippen LogP contribution in [0.15, 0.2) is 0 Å². The van der Waals surface area contributed by atoms with Crippen LogP contribution in [0.4, 0.5) is 0 Å². The zero-order valence-corrected chi connectivity index (χ0v) is 9.68. The highest BCUT2D eigenvalue weighted by molar-refractivity contribution is 4.95. The van der Waals surface area contributed by atoms with E-state index < -0.39 is 0 Å². The molecule has 1 heteroatoms. The van der Waals surface area contributed by atoms with Crippen molar-refractivity contribution in [2.24, 2.45) is 16.7 Å². The van der Waals surface area contributed by atoms with E-state index >= 15 is 0 Å². The van der Waals surface area contributed by atoms with E-state index in [0.29, 0.717) is 17.4 Å². The van der Waals surface area contributed by atoms with Crippen LogP contribution in [0.3, 0.4) is 0 Å². The van der Waals surface area contributed by atoms with E-state index in [1.54, 1.807) is 0 Å². The Morgan fingerprint density at radius 2 is 1.93 bits per heavy atom. The first-order chi connectivity index (χ1) is 6.55.